The predicted octanol–water partition coefficient (Wildman–Crippen LogP) is 16.7. The van der Waals surface area contributed by atoms with E-state index in [1.165, 1.54) is 152 Å². The summed E-state index contributed by atoms with van der Waals surface area (Å²) in [7, 11) is 4.61. The lowest BCUT2D eigenvalue weighted by molar-refractivity contribution is 0.445. The monoisotopic (exact) mass is 813 g/mol. The van der Waals surface area contributed by atoms with Crippen molar-refractivity contribution in [2.45, 2.75) is 241 Å². The van der Waals surface area contributed by atoms with Gasteiger partial charge in [0.25, 0.3) is 0 Å². The number of hydrogen-bond donors (Lipinski definition) is 2. The van der Waals surface area contributed by atoms with Crippen LogP contribution in [0.3, 0.4) is 0 Å². The highest BCUT2D eigenvalue weighted by molar-refractivity contribution is 8.77. The molecule has 2 N–H and O–H groups in total. The highest BCUT2D eigenvalue weighted by atomic mass is 33.1. The predicted molar refractivity (Wildman–Crippen MR) is 252 cm³/mol. The number of phenolic OH excluding ortho intramolecular Hbond substituents is 2. The summed E-state index contributed by atoms with van der Waals surface area (Å²) in [6.45, 7) is 17.7. The Hall–Kier alpha value is -0.910. The third-order valence-corrected chi connectivity index (χ3v) is 17.5. The normalized spacial score (nSPS) is 19.5. The number of aromatic hydroxyl groups is 2. The van der Waals surface area contributed by atoms with Gasteiger partial charge in [-0.05, 0) is 96.6 Å². The van der Waals surface area contributed by atoms with Crippen molar-refractivity contribution in [1.29, 1.82) is 0 Å². The van der Waals surface area contributed by atoms with Gasteiger partial charge in [-0.3, -0.25) is 0 Å². The Morgan fingerprint density at radius 3 is 1.11 bits per heavy atom. The Morgan fingerprint density at radius 1 is 0.436 bits per heavy atom. The van der Waals surface area contributed by atoms with Gasteiger partial charge in [0, 0.05) is 21.0 Å². The molecule has 2 nitrogen and oxygen atoms in total. The molecule has 2 aromatic carbocycles. The first-order valence-corrected chi connectivity index (χ1v) is 26.2. The van der Waals surface area contributed by atoms with Crippen molar-refractivity contribution in [3.63, 3.8) is 0 Å². The summed E-state index contributed by atoms with van der Waals surface area (Å²) >= 11 is 2.45. The first-order valence-electron chi connectivity index (χ1n) is 23.0. The van der Waals surface area contributed by atoms with Crippen LogP contribution in [0.1, 0.15) is 219 Å². The molecule has 1 heterocycles. The van der Waals surface area contributed by atoms with E-state index in [0.29, 0.717) is 11.5 Å². The average Bonchev–Trinajstić information content (AvgIpc) is 3.28. The van der Waals surface area contributed by atoms with Crippen molar-refractivity contribution in [2.24, 2.45) is 0 Å². The van der Waals surface area contributed by atoms with E-state index in [4.69, 9.17) is 0 Å². The van der Waals surface area contributed by atoms with Crippen molar-refractivity contribution in [1.82, 2.24) is 0 Å². The number of rotatable bonds is 26. The van der Waals surface area contributed by atoms with Crippen LogP contribution in [0, 0.1) is 0 Å². The van der Waals surface area contributed by atoms with Crippen molar-refractivity contribution >= 4 is 33.3 Å². The van der Waals surface area contributed by atoms with Crippen LogP contribution in [-0.2, 0) is 23.7 Å². The van der Waals surface area contributed by atoms with E-state index >= 15 is 0 Å². The molecule has 0 amide bonds. The quantitative estimate of drug-likeness (QED) is 0.0731. The van der Waals surface area contributed by atoms with Gasteiger partial charge in [0.05, 0.1) is 0 Å². The molecule has 3 rings (SSSR count). The van der Waals surface area contributed by atoms with Crippen LogP contribution in [-0.4, -0.2) is 31.2 Å². The maximum atomic E-state index is 10.6. The molecule has 0 aromatic heterocycles. The number of unbranched alkanes of at least 4 members (excludes halogenated alkanes) is 14. The van der Waals surface area contributed by atoms with Crippen molar-refractivity contribution in [3.8, 4) is 11.5 Å². The van der Waals surface area contributed by atoms with Gasteiger partial charge in [0.1, 0.15) is 11.5 Å². The van der Waals surface area contributed by atoms with Gasteiger partial charge in [-0.25, -0.2) is 0 Å². The third-order valence-electron chi connectivity index (χ3n) is 11.8. The van der Waals surface area contributed by atoms with E-state index in [1.807, 2.05) is 12.1 Å². The van der Waals surface area contributed by atoms with Gasteiger partial charge >= 0.3 is 0 Å². The second kappa shape index (κ2) is 26.2. The highest BCUT2D eigenvalue weighted by Gasteiger charge is 2.34. The van der Waals surface area contributed by atoms with E-state index in [9.17, 15) is 10.2 Å². The molecule has 4 atom stereocenters. The van der Waals surface area contributed by atoms with Crippen molar-refractivity contribution < 1.29 is 10.2 Å². The van der Waals surface area contributed by atoms with Crippen LogP contribution in [0.4, 0.5) is 0 Å². The van der Waals surface area contributed by atoms with Gasteiger partial charge in [0.2, 0.25) is 0 Å². The van der Waals surface area contributed by atoms with Crippen LogP contribution in [0.2, 0.25) is 0 Å². The second-order valence-electron chi connectivity index (χ2n) is 19.0. The number of phenols is 2. The third kappa shape index (κ3) is 18.7. The molecule has 5 heteroatoms. The lowest BCUT2D eigenvalue weighted by Gasteiger charge is -2.27. The Morgan fingerprint density at radius 2 is 0.764 bits per heavy atom. The maximum absolute atomic E-state index is 10.6. The number of hydrogen-bond acceptors (Lipinski definition) is 5. The fourth-order valence-corrected chi connectivity index (χ4v) is 14.7. The molecule has 0 spiro atoms. The molecule has 0 saturated carbocycles. The zero-order valence-electron chi connectivity index (χ0n) is 36.9. The van der Waals surface area contributed by atoms with Crippen LogP contribution in [0.15, 0.2) is 36.4 Å². The molecule has 1 saturated heterocycles. The molecular weight excluding hydrogens is 729 g/mol. The fourth-order valence-electron chi connectivity index (χ4n) is 8.33. The smallest absolute Gasteiger partial charge is 0.119 e. The van der Waals surface area contributed by atoms with E-state index in [1.54, 1.807) is 0 Å². The van der Waals surface area contributed by atoms with Crippen LogP contribution in [0.5, 0.6) is 11.5 Å². The first-order chi connectivity index (χ1) is 26.3. The van der Waals surface area contributed by atoms with Gasteiger partial charge in [0.15, 0.2) is 0 Å². The Labute approximate surface area is 353 Å². The average molecular weight is 813 g/mol. The topological polar surface area (TPSA) is 40.5 Å². The lowest BCUT2D eigenvalue weighted by atomic mass is 9.85. The molecule has 4 unspecified atom stereocenters. The number of thioether (sulfide) groups is 1. The lowest BCUT2D eigenvalue weighted by Crippen LogP contribution is -2.24. The summed E-state index contributed by atoms with van der Waals surface area (Å²) in [5.74, 6) is 0.924. The first kappa shape index (κ1) is 48.5. The molecule has 1 aliphatic rings. The zero-order valence-corrected chi connectivity index (χ0v) is 39.3. The zero-order chi connectivity index (χ0) is 40.1. The second-order valence-corrected chi connectivity index (χ2v) is 23.2. The molecular formula is C50H84O2S3. The molecule has 0 aliphatic carbocycles. The molecule has 2 aromatic rings. The van der Waals surface area contributed by atoms with Gasteiger partial charge < -0.3 is 10.2 Å². The van der Waals surface area contributed by atoms with Gasteiger partial charge in [-0.1, -0.05) is 204 Å². The molecule has 0 radical (unpaired) electrons. The minimum atomic E-state index is -0.0191. The standard InChI is InChI=1S/C50H84O2S3/c1-9-11-13-23-29-45-47(31-25-19-15-17-21-27-39-33-35-41(43(51)37-39)49(3,4)5)54-55-48(46(53-45)30-24-14-12-10-2)32-26-20-16-18-22-28-40-34-36-42(44(52)38-40)50(6,7)8/h33-38,45-48,51-52H,9-32H2,1-8H3. The highest BCUT2D eigenvalue weighted by Crippen LogP contribution is 2.51. The van der Waals surface area contributed by atoms with Crippen LogP contribution >= 0.6 is 33.3 Å². The Balaban J connectivity index is 1.47. The minimum Gasteiger partial charge on any atom is -0.508 e. The molecule has 1 aliphatic heterocycles. The molecule has 1 fully saturated rings. The summed E-state index contributed by atoms with van der Waals surface area (Å²) in [6, 6.07) is 12.7. The van der Waals surface area contributed by atoms with E-state index < -0.39 is 0 Å². The fraction of sp³-hybridized carbons (Fsp3) is 0.760. The summed E-state index contributed by atoms with van der Waals surface area (Å²) in [6.07, 6.45) is 31.9. The molecule has 0 bridgehead atoms. The summed E-state index contributed by atoms with van der Waals surface area (Å²) in [5, 5.41) is 24.4. The largest absolute Gasteiger partial charge is 0.508 e. The van der Waals surface area contributed by atoms with Gasteiger partial charge in [-0.2, -0.15) is 11.8 Å². The van der Waals surface area contributed by atoms with Crippen molar-refractivity contribution in [2.75, 3.05) is 0 Å². The minimum absolute atomic E-state index is 0.0191. The maximum Gasteiger partial charge on any atom is 0.119 e. The number of aryl methyl sites for hydroxylation is 2. The molecule has 55 heavy (non-hydrogen) atoms. The van der Waals surface area contributed by atoms with Crippen LogP contribution < -0.4 is 0 Å². The molecule has 314 valence electrons. The van der Waals surface area contributed by atoms with Crippen LogP contribution in [0.25, 0.3) is 0 Å². The SMILES string of the molecule is CCCCCCC1SC(CCCCCC)C(CCCCCCCc2ccc(C(C)(C)C)c(O)c2)SSC1CCCCCCCc1ccc(C(C)(C)C)c(O)c1. The summed E-state index contributed by atoms with van der Waals surface area (Å²) in [4.78, 5) is 0. The van der Waals surface area contributed by atoms with Crippen molar-refractivity contribution in [3.05, 3.63) is 58.7 Å². The number of benzene rings is 2. The Bertz CT molecular complexity index is 1210. The summed E-state index contributed by atoms with van der Waals surface area (Å²) in [5.41, 5.74) is 4.61. The summed E-state index contributed by atoms with van der Waals surface area (Å²) < 4.78 is 0. The van der Waals surface area contributed by atoms with E-state index in [0.717, 1.165) is 45.0 Å². The Kier molecular flexibility index (Phi) is 23.1. The van der Waals surface area contributed by atoms with E-state index in [-0.39, 0.29) is 10.8 Å². The van der Waals surface area contributed by atoms with Gasteiger partial charge in [-0.15, -0.1) is 0 Å². The van der Waals surface area contributed by atoms with E-state index in [2.05, 4.69) is 113 Å².